The van der Waals surface area contributed by atoms with Crippen LogP contribution in [-0.2, 0) is 24.5 Å². The largest absolute Gasteiger partial charge is 0.439 e. The number of hydrogen-bond acceptors (Lipinski definition) is 6. The van der Waals surface area contributed by atoms with Gasteiger partial charge in [-0.3, -0.25) is 14.5 Å². The van der Waals surface area contributed by atoms with Gasteiger partial charge in [-0.2, -0.15) is 5.06 Å². The lowest BCUT2D eigenvalue weighted by Crippen LogP contribution is -2.69. The Kier molecular flexibility index (Phi) is 3.69. The highest BCUT2D eigenvalue weighted by Crippen LogP contribution is 2.60. The number of carbonyl (C=O) groups is 2. The Labute approximate surface area is 175 Å². The van der Waals surface area contributed by atoms with Gasteiger partial charge in [0.25, 0.3) is 5.91 Å². The number of fused-ring (bicyclic) bond motifs is 3. The Balaban J connectivity index is 1.53. The van der Waals surface area contributed by atoms with Gasteiger partial charge in [0.05, 0.1) is 25.5 Å². The molecule has 5 aliphatic heterocycles. The number of nitrogens with zero attached hydrogens (tertiary/aromatic N) is 2. The van der Waals surface area contributed by atoms with Crippen molar-refractivity contribution < 1.29 is 23.9 Å². The number of likely N-dealkylation sites (tertiary alicyclic amines) is 1. The molecule has 0 unspecified atom stereocenters. The Morgan fingerprint density at radius 3 is 2.87 bits per heavy atom. The van der Waals surface area contributed by atoms with E-state index < -0.39 is 11.0 Å². The van der Waals surface area contributed by atoms with Gasteiger partial charge in [0.2, 0.25) is 0 Å². The summed E-state index contributed by atoms with van der Waals surface area (Å²) in [7, 11) is 3.57. The van der Waals surface area contributed by atoms with Crippen molar-refractivity contribution in [2.45, 2.75) is 55.5 Å². The average Bonchev–Trinajstić information content (AvgIpc) is 3.11. The highest BCUT2D eigenvalue weighted by Gasteiger charge is 2.71. The van der Waals surface area contributed by atoms with Crippen molar-refractivity contribution in [1.29, 1.82) is 0 Å². The zero-order chi connectivity index (χ0) is 20.8. The van der Waals surface area contributed by atoms with E-state index in [1.54, 1.807) is 0 Å². The number of hydrogen-bond donors (Lipinski definition) is 1. The number of nitrogens with one attached hydrogen (secondary N) is 1. The Morgan fingerprint density at radius 2 is 2.10 bits per heavy atom. The maximum absolute atomic E-state index is 13.9. The van der Waals surface area contributed by atoms with Crippen LogP contribution < -0.4 is 10.4 Å². The maximum Gasteiger partial charge on any atom is 0.409 e. The van der Waals surface area contributed by atoms with Gasteiger partial charge in [-0.15, -0.1) is 0 Å². The summed E-state index contributed by atoms with van der Waals surface area (Å²) in [5.74, 6) is 0.284. The van der Waals surface area contributed by atoms with E-state index in [1.807, 2.05) is 31.3 Å². The summed E-state index contributed by atoms with van der Waals surface area (Å²) in [6, 6.07) is 7.96. The number of piperidine rings is 1. The van der Waals surface area contributed by atoms with Crippen LogP contribution in [0.3, 0.4) is 0 Å². The van der Waals surface area contributed by atoms with E-state index in [2.05, 4.69) is 17.1 Å². The van der Waals surface area contributed by atoms with Gasteiger partial charge in [0, 0.05) is 17.9 Å². The van der Waals surface area contributed by atoms with Crippen LogP contribution in [0.2, 0.25) is 0 Å². The van der Waals surface area contributed by atoms with Crippen molar-refractivity contribution in [3.63, 3.8) is 0 Å². The SMILES string of the molecule is CC[C@@]12OC(=O)N[C@@H]1N(C)[C@H]1C[C@@]3(C(=O)N(OC)c4ccccc43)[C@H]3C[C@@H]2[C@@H]1CO3. The number of ether oxygens (including phenoxy) is 2. The van der Waals surface area contributed by atoms with Crippen LogP contribution in [0, 0.1) is 11.8 Å². The molecule has 8 heteroatoms. The van der Waals surface area contributed by atoms with E-state index in [0.29, 0.717) is 19.4 Å². The second kappa shape index (κ2) is 5.96. The number of likely N-dealkylation sites (N-methyl/N-ethyl adjacent to an activating group) is 1. The standard InChI is InChI=1S/C22H27N3O5/c1-4-22-14-9-17-21(13-7-5-6-8-15(13)25(28-3)19(21)26)10-16(12(14)11-29-17)24(2)18(22)23-20(27)30-22/h5-8,12,14,16-18H,4,9-11H2,1-3H3,(H,23,27)/t12-,14+,16-,17+,18+,21-,22-/m0/s1. The number of anilines is 1. The first-order chi connectivity index (χ1) is 14.5. The molecule has 0 aromatic heterocycles. The molecular weight excluding hydrogens is 386 g/mol. The minimum atomic E-state index is -0.799. The van der Waals surface area contributed by atoms with Gasteiger partial charge in [0.1, 0.15) is 11.6 Å². The van der Waals surface area contributed by atoms with Crippen LogP contribution in [0.25, 0.3) is 0 Å². The van der Waals surface area contributed by atoms with Crippen molar-refractivity contribution >= 4 is 17.7 Å². The molecule has 1 aliphatic carbocycles. The van der Waals surface area contributed by atoms with Crippen molar-refractivity contribution in [2.75, 3.05) is 25.8 Å². The summed E-state index contributed by atoms with van der Waals surface area (Å²) in [5.41, 5.74) is 0.380. The predicted molar refractivity (Wildman–Crippen MR) is 107 cm³/mol. The normalized spacial score (nSPS) is 44.0. The maximum atomic E-state index is 13.9. The molecule has 0 radical (unpaired) electrons. The van der Waals surface area contributed by atoms with Crippen molar-refractivity contribution in [3.05, 3.63) is 29.8 Å². The summed E-state index contributed by atoms with van der Waals surface area (Å²) in [6.45, 7) is 2.65. The van der Waals surface area contributed by atoms with E-state index in [4.69, 9.17) is 14.3 Å². The number of hydroxylamine groups is 1. The van der Waals surface area contributed by atoms with Crippen molar-refractivity contribution in [3.8, 4) is 0 Å². The van der Waals surface area contributed by atoms with E-state index in [0.717, 1.165) is 17.7 Å². The summed E-state index contributed by atoms with van der Waals surface area (Å²) in [4.78, 5) is 33.9. The van der Waals surface area contributed by atoms with Gasteiger partial charge in [-0.1, -0.05) is 25.1 Å². The smallest absolute Gasteiger partial charge is 0.409 e. The molecule has 1 saturated carbocycles. The Morgan fingerprint density at radius 1 is 1.30 bits per heavy atom. The molecule has 1 N–H and O–H groups in total. The molecule has 4 bridgehead atoms. The highest BCUT2D eigenvalue weighted by molar-refractivity contribution is 6.07. The lowest BCUT2D eigenvalue weighted by Gasteiger charge is -2.55. The first kappa shape index (κ1) is 18.6. The van der Waals surface area contributed by atoms with Crippen molar-refractivity contribution in [1.82, 2.24) is 10.2 Å². The first-order valence-corrected chi connectivity index (χ1v) is 10.8. The summed E-state index contributed by atoms with van der Waals surface area (Å²) >= 11 is 0. The molecule has 7 rings (SSSR count). The lowest BCUT2D eigenvalue weighted by atomic mass is 9.66. The molecule has 7 atom stereocenters. The number of para-hydroxylation sites is 1. The fourth-order valence-electron chi connectivity index (χ4n) is 7.22. The third-order valence-corrected chi connectivity index (χ3v) is 8.51. The predicted octanol–water partition coefficient (Wildman–Crippen LogP) is 1.79. The van der Waals surface area contributed by atoms with Crippen LogP contribution in [-0.4, -0.2) is 61.6 Å². The molecule has 5 fully saturated rings. The van der Waals surface area contributed by atoms with Gasteiger partial charge >= 0.3 is 6.09 Å². The molecular formula is C22H27N3O5. The first-order valence-electron chi connectivity index (χ1n) is 10.8. The fraction of sp³-hybridized carbons (Fsp3) is 0.636. The van der Waals surface area contributed by atoms with E-state index in [1.165, 1.54) is 12.2 Å². The number of amides is 2. The number of rotatable bonds is 2. The number of benzene rings is 1. The van der Waals surface area contributed by atoms with Crippen LogP contribution in [0.5, 0.6) is 0 Å². The van der Waals surface area contributed by atoms with Crippen LogP contribution in [0.4, 0.5) is 10.5 Å². The fourth-order valence-corrected chi connectivity index (χ4v) is 7.22. The van der Waals surface area contributed by atoms with Crippen LogP contribution >= 0.6 is 0 Å². The van der Waals surface area contributed by atoms with E-state index >= 15 is 0 Å². The molecule has 6 aliphatic rings. The highest BCUT2D eigenvalue weighted by atomic mass is 16.7. The molecule has 4 saturated heterocycles. The third kappa shape index (κ3) is 1.93. The van der Waals surface area contributed by atoms with Gasteiger partial charge in [-0.05, 0) is 37.9 Å². The summed E-state index contributed by atoms with van der Waals surface area (Å²) in [6.07, 6.45) is 1.22. The number of alkyl carbamates (subject to hydrolysis) is 1. The molecule has 1 aromatic carbocycles. The van der Waals surface area contributed by atoms with Gasteiger partial charge in [-0.25, -0.2) is 4.79 Å². The van der Waals surface area contributed by atoms with E-state index in [9.17, 15) is 9.59 Å². The molecule has 5 heterocycles. The molecule has 8 nitrogen and oxygen atoms in total. The average molecular weight is 413 g/mol. The molecule has 1 spiro atoms. The minimum absolute atomic E-state index is 0.0570. The molecule has 2 amide bonds. The summed E-state index contributed by atoms with van der Waals surface area (Å²) < 4.78 is 12.4. The van der Waals surface area contributed by atoms with Crippen LogP contribution in [0.15, 0.2) is 24.3 Å². The second-order valence-corrected chi connectivity index (χ2v) is 9.28. The quantitative estimate of drug-likeness (QED) is 0.796. The number of carbonyl (C=O) groups excluding carboxylic acids is 2. The lowest BCUT2D eigenvalue weighted by molar-refractivity contribution is -0.179. The summed E-state index contributed by atoms with van der Waals surface area (Å²) in [5, 5.41) is 4.47. The minimum Gasteiger partial charge on any atom is -0.439 e. The van der Waals surface area contributed by atoms with E-state index in [-0.39, 0.29) is 42.1 Å². The van der Waals surface area contributed by atoms with Crippen LogP contribution in [0.1, 0.15) is 31.7 Å². The van der Waals surface area contributed by atoms with Gasteiger partial charge in [0.15, 0.2) is 5.60 Å². The third-order valence-electron chi connectivity index (χ3n) is 8.51. The van der Waals surface area contributed by atoms with Gasteiger partial charge < -0.3 is 14.8 Å². The monoisotopic (exact) mass is 413 g/mol. The molecule has 160 valence electrons. The Hall–Kier alpha value is -2.16. The van der Waals surface area contributed by atoms with Crippen molar-refractivity contribution in [2.24, 2.45) is 11.8 Å². The topological polar surface area (TPSA) is 80.3 Å². The molecule has 30 heavy (non-hydrogen) atoms. The second-order valence-electron chi connectivity index (χ2n) is 9.28. The molecule has 1 aromatic rings. The Bertz CT molecular complexity index is 939. The zero-order valence-electron chi connectivity index (χ0n) is 17.5. The zero-order valence-corrected chi connectivity index (χ0v) is 17.5.